The van der Waals surface area contributed by atoms with E-state index >= 15 is 0 Å². The number of aromatic amines is 1. The molecule has 1 atom stereocenters. The van der Waals surface area contributed by atoms with Gasteiger partial charge in [0.2, 0.25) is 5.91 Å². The first-order chi connectivity index (χ1) is 10.6. The third kappa shape index (κ3) is 3.17. The minimum Gasteiger partial charge on any atom is -0.370 e. The Balaban J connectivity index is 1.68. The van der Waals surface area contributed by atoms with Crippen LogP contribution in [0.25, 0.3) is 0 Å². The normalized spacial score (nSPS) is 18.5. The summed E-state index contributed by atoms with van der Waals surface area (Å²) in [6.07, 6.45) is 1.72. The molecule has 5 nitrogen and oxygen atoms in total. The van der Waals surface area contributed by atoms with Crippen LogP contribution >= 0.6 is 0 Å². The molecule has 0 radical (unpaired) electrons. The molecule has 1 amide bonds. The number of rotatable bonds is 3. The molecule has 0 unspecified atom stereocenters. The Morgan fingerprint density at radius 2 is 2.36 bits per heavy atom. The minimum atomic E-state index is -0.230. The molecule has 2 aromatic rings. The zero-order valence-corrected chi connectivity index (χ0v) is 12.4. The second-order valence-electron chi connectivity index (χ2n) is 5.47. The number of amides is 1. The number of hydrogen-bond acceptors (Lipinski definition) is 3. The van der Waals surface area contributed by atoms with Gasteiger partial charge in [-0.2, -0.15) is 5.10 Å². The number of carbonyl (C=O) groups excluding carboxylic acids is 1. The molecule has 1 aromatic carbocycles. The second-order valence-corrected chi connectivity index (χ2v) is 5.47. The molecule has 1 N–H and O–H groups in total. The van der Waals surface area contributed by atoms with Crippen LogP contribution in [0.5, 0.6) is 0 Å². The predicted octanol–water partition coefficient (Wildman–Crippen LogP) is 2.00. The van der Waals surface area contributed by atoms with Crippen LogP contribution in [0.15, 0.2) is 30.5 Å². The summed E-state index contributed by atoms with van der Waals surface area (Å²) in [5, 5.41) is 6.64. The number of aromatic nitrogens is 2. The lowest BCUT2D eigenvalue weighted by atomic mass is 10.0. The summed E-state index contributed by atoms with van der Waals surface area (Å²) in [5.41, 5.74) is 2.28. The molecular formula is C16H18FN3O2. The van der Waals surface area contributed by atoms with Gasteiger partial charge in [0.25, 0.3) is 0 Å². The lowest BCUT2D eigenvalue weighted by molar-refractivity contribution is -0.138. The van der Waals surface area contributed by atoms with E-state index in [-0.39, 0.29) is 17.8 Å². The first-order valence-corrected chi connectivity index (χ1v) is 7.27. The van der Waals surface area contributed by atoms with Crippen LogP contribution in [0, 0.1) is 12.7 Å². The quantitative estimate of drug-likeness (QED) is 0.943. The molecule has 0 bridgehead atoms. The number of nitrogens with zero attached hydrogens (tertiary/aromatic N) is 2. The van der Waals surface area contributed by atoms with E-state index in [1.807, 2.05) is 0 Å². The van der Waals surface area contributed by atoms with Gasteiger partial charge in [-0.15, -0.1) is 0 Å². The fourth-order valence-electron chi connectivity index (χ4n) is 2.60. The van der Waals surface area contributed by atoms with Gasteiger partial charge in [-0.3, -0.25) is 9.89 Å². The zero-order chi connectivity index (χ0) is 15.5. The highest BCUT2D eigenvalue weighted by Gasteiger charge is 2.25. The Labute approximate surface area is 128 Å². The second kappa shape index (κ2) is 6.27. The lowest BCUT2D eigenvalue weighted by Crippen LogP contribution is -2.43. The average Bonchev–Trinajstić information content (AvgIpc) is 3.03. The summed E-state index contributed by atoms with van der Waals surface area (Å²) >= 11 is 0. The van der Waals surface area contributed by atoms with Gasteiger partial charge in [0, 0.05) is 18.4 Å². The molecule has 116 valence electrons. The van der Waals surface area contributed by atoms with Crippen LogP contribution in [0.3, 0.4) is 0 Å². The zero-order valence-electron chi connectivity index (χ0n) is 12.4. The Morgan fingerprint density at radius 3 is 3.09 bits per heavy atom. The van der Waals surface area contributed by atoms with Gasteiger partial charge in [0.1, 0.15) is 11.9 Å². The van der Waals surface area contributed by atoms with E-state index in [2.05, 4.69) is 10.2 Å². The third-order valence-electron chi connectivity index (χ3n) is 3.87. The van der Waals surface area contributed by atoms with Crippen molar-refractivity contribution in [2.45, 2.75) is 19.4 Å². The van der Waals surface area contributed by atoms with E-state index in [9.17, 15) is 9.18 Å². The van der Waals surface area contributed by atoms with E-state index < -0.39 is 0 Å². The minimum absolute atomic E-state index is 0.0383. The number of morpholine rings is 1. The highest BCUT2D eigenvalue weighted by atomic mass is 19.1. The topological polar surface area (TPSA) is 58.2 Å². The highest BCUT2D eigenvalue weighted by Crippen LogP contribution is 2.24. The Hall–Kier alpha value is -2.21. The van der Waals surface area contributed by atoms with Crippen molar-refractivity contribution in [3.63, 3.8) is 0 Å². The number of ether oxygens (including phenoxy) is 1. The number of hydrogen-bond donors (Lipinski definition) is 1. The first-order valence-electron chi connectivity index (χ1n) is 7.27. The van der Waals surface area contributed by atoms with Crippen LogP contribution in [0.4, 0.5) is 4.39 Å². The lowest BCUT2D eigenvalue weighted by Gasteiger charge is -2.33. The van der Waals surface area contributed by atoms with Gasteiger partial charge < -0.3 is 9.64 Å². The summed E-state index contributed by atoms with van der Waals surface area (Å²) in [6, 6.07) is 6.73. The molecule has 22 heavy (non-hydrogen) atoms. The van der Waals surface area contributed by atoms with E-state index in [0.717, 1.165) is 11.3 Å². The fraction of sp³-hybridized carbons (Fsp3) is 0.375. The summed E-state index contributed by atoms with van der Waals surface area (Å²) in [4.78, 5) is 14.1. The van der Waals surface area contributed by atoms with E-state index in [0.29, 0.717) is 31.7 Å². The molecular weight excluding hydrogens is 285 g/mol. The molecule has 0 saturated carbocycles. The van der Waals surface area contributed by atoms with E-state index in [1.165, 1.54) is 6.07 Å². The van der Waals surface area contributed by atoms with Crippen LogP contribution in [0.1, 0.15) is 22.9 Å². The standard InChI is InChI=1S/C16H18FN3O2/c1-11-8-12(2-3-14(11)17)15-10-20(6-7-22-15)16(21)9-13-4-5-18-19-13/h2-5,8,15H,6-7,9-10H2,1H3,(H,18,19)/t15-/m1/s1. The van der Waals surface area contributed by atoms with Gasteiger partial charge in [-0.05, 0) is 30.2 Å². The van der Waals surface area contributed by atoms with Crippen LogP contribution in [0.2, 0.25) is 0 Å². The molecule has 0 aliphatic carbocycles. The van der Waals surface area contributed by atoms with E-state index in [1.54, 1.807) is 36.2 Å². The van der Waals surface area contributed by atoms with Gasteiger partial charge >= 0.3 is 0 Å². The van der Waals surface area contributed by atoms with Crippen molar-refractivity contribution in [1.82, 2.24) is 15.1 Å². The number of benzene rings is 1. The largest absolute Gasteiger partial charge is 0.370 e. The number of H-pyrrole nitrogens is 1. The van der Waals surface area contributed by atoms with Crippen molar-refractivity contribution in [1.29, 1.82) is 0 Å². The molecule has 0 spiro atoms. The molecule has 2 heterocycles. The molecule has 1 aromatic heterocycles. The number of aryl methyl sites for hydroxylation is 1. The maximum atomic E-state index is 13.4. The molecule has 1 aliphatic heterocycles. The molecule has 3 rings (SSSR count). The molecule has 6 heteroatoms. The summed E-state index contributed by atoms with van der Waals surface area (Å²) < 4.78 is 19.1. The maximum absolute atomic E-state index is 13.4. The summed E-state index contributed by atoms with van der Waals surface area (Å²) in [6.45, 7) is 3.26. The Kier molecular flexibility index (Phi) is 4.20. The fourth-order valence-corrected chi connectivity index (χ4v) is 2.60. The third-order valence-corrected chi connectivity index (χ3v) is 3.87. The van der Waals surface area contributed by atoms with Crippen LogP contribution in [-0.2, 0) is 16.0 Å². The smallest absolute Gasteiger partial charge is 0.228 e. The van der Waals surface area contributed by atoms with Gasteiger partial charge in [-0.1, -0.05) is 12.1 Å². The predicted molar refractivity (Wildman–Crippen MR) is 78.7 cm³/mol. The van der Waals surface area contributed by atoms with Crippen molar-refractivity contribution in [3.05, 3.63) is 53.1 Å². The van der Waals surface area contributed by atoms with Crippen molar-refractivity contribution in [3.8, 4) is 0 Å². The Morgan fingerprint density at radius 1 is 1.50 bits per heavy atom. The number of nitrogens with one attached hydrogen (secondary N) is 1. The van der Waals surface area contributed by atoms with Crippen LogP contribution in [-0.4, -0.2) is 40.7 Å². The number of carbonyl (C=O) groups is 1. The van der Waals surface area contributed by atoms with Gasteiger partial charge in [-0.25, -0.2) is 4.39 Å². The van der Waals surface area contributed by atoms with E-state index in [4.69, 9.17) is 4.74 Å². The van der Waals surface area contributed by atoms with Crippen molar-refractivity contribution in [2.75, 3.05) is 19.7 Å². The summed E-state index contributed by atoms with van der Waals surface area (Å²) in [7, 11) is 0. The van der Waals surface area contributed by atoms with Crippen molar-refractivity contribution in [2.24, 2.45) is 0 Å². The van der Waals surface area contributed by atoms with Gasteiger partial charge in [0.05, 0.1) is 19.6 Å². The molecule has 1 saturated heterocycles. The summed E-state index contributed by atoms with van der Waals surface area (Å²) in [5.74, 6) is -0.192. The van der Waals surface area contributed by atoms with Gasteiger partial charge in [0.15, 0.2) is 0 Å². The first kappa shape index (κ1) is 14.7. The Bertz CT molecular complexity index is 657. The maximum Gasteiger partial charge on any atom is 0.228 e. The SMILES string of the molecule is Cc1cc([C@H]2CN(C(=O)Cc3ccn[nH]3)CCO2)ccc1F. The molecule has 1 aliphatic rings. The average molecular weight is 303 g/mol. The monoisotopic (exact) mass is 303 g/mol. The highest BCUT2D eigenvalue weighted by molar-refractivity contribution is 5.78. The van der Waals surface area contributed by atoms with Crippen molar-refractivity contribution < 1.29 is 13.9 Å². The number of halogens is 1. The van der Waals surface area contributed by atoms with Crippen molar-refractivity contribution >= 4 is 5.91 Å². The van der Waals surface area contributed by atoms with Crippen LogP contribution < -0.4 is 0 Å². The molecule has 1 fully saturated rings.